The van der Waals surface area contributed by atoms with Crippen molar-refractivity contribution in [1.29, 1.82) is 0 Å². The van der Waals surface area contributed by atoms with E-state index in [4.69, 9.17) is 4.74 Å². The minimum absolute atomic E-state index is 0.0368. The molecule has 0 aromatic heterocycles. The number of carbonyl (C=O) groups excluding carboxylic acids is 4. The molecular weight excluding hydrogens is 819 g/mol. The number of hydrogen-bond donors (Lipinski definition) is 4. The van der Waals surface area contributed by atoms with Gasteiger partial charge in [0.2, 0.25) is 17.7 Å². The van der Waals surface area contributed by atoms with Crippen molar-refractivity contribution < 1.29 is 32.3 Å². The third-order valence-corrected chi connectivity index (χ3v) is 20.3. The average molecular weight is 898 g/mol. The van der Waals surface area contributed by atoms with Gasteiger partial charge in [0, 0.05) is 62.8 Å². The molecule has 0 aromatic rings. The van der Waals surface area contributed by atoms with E-state index in [1.165, 1.54) is 10.7 Å². The lowest BCUT2D eigenvalue weighted by molar-refractivity contribution is -0.145. The summed E-state index contributed by atoms with van der Waals surface area (Å²) in [5.41, 5.74) is -2.43. The summed E-state index contributed by atoms with van der Waals surface area (Å²) < 4.78 is 36.1. The van der Waals surface area contributed by atoms with Crippen molar-refractivity contribution in [2.24, 2.45) is 33.0 Å². The number of fused-ring (bicyclic) bond motifs is 1. The van der Waals surface area contributed by atoms with E-state index in [1.807, 2.05) is 4.90 Å². The number of rotatable bonds is 15. The first-order valence-electron chi connectivity index (χ1n) is 24.8. The summed E-state index contributed by atoms with van der Waals surface area (Å²) in [4.78, 5) is 63.4. The van der Waals surface area contributed by atoms with Gasteiger partial charge in [-0.2, -0.15) is 12.7 Å². The molecule has 8 rings (SSSR count). The summed E-state index contributed by atoms with van der Waals surface area (Å²) >= 11 is 0. The minimum atomic E-state index is -4.09. The summed E-state index contributed by atoms with van der Waals surface area (Å²) in [6.45, 7) is 20.8. The number of amides is 4. The van der Waals surface area contributed by atoms with Gasteiger partial charge in [0.1, 0.15) is 11.6 Å². The van der Waals surface area contributed by atoms with Crippen LogP contribution in [-0.4, -0.2) is 128 Å². The first-order chi connectivity index (χ1) is 29.8. The van der Waals surface area contributed by atoms with Gasteiger partial charge in [0.15, 0.2) is 0 Å². The SMILES string of the molecule is C=C[C@@H]1C[C@]1(NC(=O)[C@@H]1C[C@@]2(CN1C(=O)[C@@H](NC[C@@H](NC(=O)[C@@H]1CCCCN1C(C)C)C1(C)CCCCC1)C1(C)CCOCC1)C(C)(C)C21CCC1)C(=O)NS(=O)(=O)N1CCCC1. The van der Waals surface area contributed by atoms with E-state index in [2.05, 4.69) is 73.7 Å². The minimum Gasteiger partial charge on any atom is -0.381 e. The highest BCUT2D eigenvalue weighted by atomic mass is 32.2. The smallest absolute Gasteiger partial charge is 0.303 e. The molecule has 4 aliphatic heterocycles. The van der Waals surface area contributed by atoms with Crippen molar-refractivity contribution >= 4 is 33.8 Å². The fourth-order valence-electron chi connectivity index (χ4n) is 14.1. The Balaban J connectivity index is 1.08. The molecule has 63 heavy (non-hydrogen) atoms. The summed E-state index contributed by atoms with van der Waals surface area (Å²) in [5.74, 6) is -1.68. The van der Waals surface area contributed by atoms with E-state index < -0.39 is 51.0 Å². The zero-order chi connectivity index (χ0) is 45.2. The predicted molar refractivity (Wildman–Crippen MR) is 242 cm³/mol. The lowest BCUT2D eigenvalue weighted by Gasteiger charge is -2.46. The van der Waals surface area contributed by atoms with E-state index in [-0.39, 0.29) is 58.0 Å². The highest BCUT2D eigenvalue weighted by Gasteiger charge is 2.85. The van der Waals surface area contributed by atoms with Gasteiger partial charge >= 0.3 is 10.2 Å². The normalized spacial score (nSPS) is 34.2. The summed E-state index contributed by atoms with van der Waals surface area (Å²) in [6, 6.07) is -1.64. The van der Waals surface area contributed by atoms with E-state index >= 15 is 9.59 Å². The van der Waals surface area contributed by atoms with Crippen LogP contribution in [0.5, 0.6) is 0 Å². The Morgan fingerprint density at radius 3 is 2.03 bits per heavy atom. The number of ether oxygens (including phenoxy) is 1. The Kier molecular flexibility index (Phi) is 12.8. The number of likely N-dealkylation sites (tertiary alicyclic amines) is 2. The van der Waals surface area contributed by atoms with Crippen LogP contribution in [0.1, 0.15) is 151 Å². The number of nitrogens with one attached hydrogen (secondary N) is 4. The molecule has 8 aliphatic rings. The molecule has 0 radical (unpaired) electrons. The molecular formula is C48H79N7O7S. The second-order valence-corrected chi connectivity index (χ2v) is 24.3. The van der Waals surface area contributed by atoms with Gasteiger partial charge in [0.05, 0.1) is 12.1 Å². The van der Waals surface area contributed by atoms with Crippen LogP contribution in [0.2, 0.25) is 0 Å². The second-order valence-electron chi connectivity index (χ2n) is 22.6. The van der Waals surface area contributed by atoms with Crippen LogP contribution >= 0.6 is 0 Å². The molecule has 7 atom stereocenters. The van der Waals surface area contributed by atoms with Gasteiger partial charge in [-0.1, -0.05) is 65.9 Å². The van der Waals surface area contributed by atoms with Gasteiger partial charge in [-0.05, 0) is 119 Å². The van der Waals surface area contributed by atoms with Crippen LogP contribution in [0.25, 0.3) is 0 Å². The summed E-state index contributed by atoms with van der Waals surface area (Å²) in [6.07, 6.45) is 16.7. The molecule has 4 heterocycles. The third-order valence-electron chi connectivity index (χ3n) is 18.8. The van der Waals surface area contributed by atoms with Gasteiger partial charge in [-0.15, -0.1) is 6.58 Å². The van der Waals surface area contributed by atoms with Crippen molar-refractivity contribution in [2.45, 2.75) is 186 Å². The lowest BCUT2D eigenvalue weighted by atomic mass is 9.69. The topological polar surface area (TPSA) is 169 Å². The van der Waals surface area contributed by atoms with Crippen molar-refractivity contribution in [1.82, 2.24) is 34.8 Å². The molecule has 2 spiro atoms. The maximum absolute atomic E-state index is 15.8. The maximum Gasteiger partial charge on any atom is 0.303 e. The first kappa shape index (κ1) is 46.9. The third kappa shape index (κ3) is 8.00. The van der Waals surface area contributed by atoms with Crippen LogP contribution in [0, 0.1) is 33.0 Å². The van der Waals surface area contributed by atoms with Crippen molar-refractivity contribution in [2.75, 3.05) is 45.9 Å². The van der Waals surface area contributed by atoms with Crippen molar-refractivity contribution in [3.05, 3.63) is 12.7 Å². The van der Waals surface area contributed by atoms with E-state index in [1.54, 1.807) is 6.08 Å². The standard InChI is InChI=1S/C48H79N7O7S/c1-8-34-29-48(34,42(59)52-63(60,61)53-24-14-15-25-53)51-40(57)36-30-47(43(4,5)46(47)20-16-21-46)32-55(36)41(58)38(45(7)22-27-62-28-23-45)49-31-37(44(6)18-11-9-12-19-44)50-39(56)35-17-10-13-26-54(35)33(2)3/h8,33-38,49H,1,9-32H2,2-7H3,(H,50,56)(H,51,57)(H,52,59)/t34-,35+,36+,37-,38-,47-,48-/m1/s1. The highest BCUT2D eigenvalue weighted by molar-refractivity contribution is 7.87. The van der Waals surface area contributed by atoms with E-state index in [0.29, 0.717) is 58.7 Å². The molecule has 354 valence electrons. The van der Waals surface area contributed by atoms with Crippen LogP contribution in [0.3, 0.4) is 0 Å². The summed E-state index contributed by atoms with van der Waals surface area (Å²) in [7, 11) is -4.09. The number of nitrogens with zero attached hydrogens (tertiary/aromatic N) is 3. The van der Waals surface area contributed by atoms with Gasteiger partial charge in [-0.25, -0.2) is 4.72 Å². The quantitative estimate of drug-likeness (QED) is 0.169. The lowest BCUT2D eigenvalue weighted by Crippen LogP contribution is -2.64. The molecule has 0 aromatic carbocycles. The fraction of sp³-hybridized carbons (Fsp3) is 0.875. The number of piperidine rings is 1. The van der Waals surface area contributed by atoms with Gasteiger partial charge in [0.25, 0.3) is 5.91 Å². The zero-order valence-corrected chi connectivity index (χ0v) is 40.1. The van der Waals surface area contributed by atoms with Crippen molar-refractivity contribution in [3.63, 3.8) is 0 Å². The molecule has 15 heteroatoms. The van der Waals surface area contributed by atoms with Crippen LogP contribution in [0.4, 0.5) is 0 Å². The Morgan fingerprint density at radius 1 is 0.778 bits per heavy atom. The van der Waals surface area contributed by atoms with Crippen LogP contribution in [-0.2, 0) is 34.1 Å². The monoisotopic (exact) mass is 898 g/mol. The van der Waals surface area contributed by atoms with Gasteiger partial charge in [-0.3, -0.25) is 24.1 Å². The molecule has 0 unspecified atom stereocenters. The Labute approximate surface area is 377 Å². The Bertz CT molecular complexity index is 1880. The Hall–Kier alpha value is -2.59. The molecule has 0 bridgehead atoms. The zero-order valence-electron chi connectivity index (χ0n) is 39.3. The molecule has 4 amide bonds. The Morgan fingerprint density at radius 2 is 1.44 bits per heavy atom. The summed E-state index contributed by atoms with van der Waals surface area (Å²) in [5, 5.41) is 10.5. The average Bonchev–Trinajstić information content (AvgIpc) is 3.69. The number of carbonyl (C=O) groups is 4. The predicted octanol–water partition coefficient (Wildman–Crippen LogP) is 4.79. The van der Waals surface area contributed by atoms with Crippen LogP contribution < -0.4 is 20.7 Å². The van der Waals surface area contributed by atoms with E-state index in [0.717, 1.165) is 83.6 Å². The molecule has 4 N–H and O–H groups in total. The molecule has 8 fully saturated rings. The molecule has 4 aliphatic carbocycles. The largest absolute Gasteiger partial charge is 0.381 e. The molecule has 4 saturated heterocycles. The second kappa shape index (κ2) is 17.2. The van der Waals surface area contributed by atoms with Crippen LogP contribution in [0.15, 0.2) is 12.7 Å². The molecule has 14 nitrogen and oxygen atoms in total. The maximum atomic E-state index is 15.8. The highest BCUT2D eigenvalue weighted by Crippen LogP contribution is 2.88. The molecule has 4 saturated carbocycles. The number of hydrogen-bond acceptors (Lipinski definition) is 9. The van der Waals surface area contributed by atoms with Crippen molar-refractivity contribution in [3.8, 4) is 0 Å². The van der Waals surface area contributed by atoms with E-state index in [9.17, 15) is 18.0 Å². The first-order valence-corrected chi connectivity index (χ1v) is 26.2. The van der Waals surface area contributed by atoms with Gasteiger partial charge < -0.3 is 25.6 Å². The fourth-order valence-corrected chi connectivity index (χ4v) is 15.3.